The standard InChI is InChI=1S/C14H26N4/c1-5-11(2)18-7-6-14(16-18)10-17-12(3)8-15-9-13(17)4/h6-7,11-13,15H,5,8-10H2,1-4H3. The average molecular weight is 250 g/mol. The Morgan fingerprint density at radius 3 is 2.67 bits per heavy atom. The van der Waals surface area contributed by atoms with E-state index in [0.717, 1.165) is 26.1 Å². The Morgan fingerprint density at radius 1 is 1.39 bits per heavy atom. The monoisotopic (exact) mass is 250 g/mol. The van der Waals surface area contributed by atoms with Gasteiger partial charge in [0.15, 0.2) is 0 Å². The fraction of sp³-hybridized carbons (Fsp3) is 0.786. The lowest BCUT2D eigenvalue weighted by atomic mass is 10.1. The highest BCUT2D eigenvalue weighted by Gasteiger charge is 2.24. The van der Waals surface area contributed by atoms with Crippen molar-refractivity contribution in [1.29, 1.82) is 0 Å². The van der Waals surface area contributed by atoms with E-state index in [-0.39, 0.29) is 0 Å². The van der Waals surface area contributed by atoms with Gasteiger partial charge in [-0.1, -0.05) is 6.92 Å². The zero-order valence-electron chi connectivity index (χ0n) is 12.1. The van der Waals surface area contributed by atoms with Crippen LogP contribution in [0.15, 0.2) is 12.3 Å². The summed E-state index contributed by atoms with van der Waals surface area (Å²) in [6.07, 6.45) is 3.24. The van der Waals surface area contributed by atoms with Gasteiger partial charge in [-0.05, 0) is 33.3 Å². The molecule has 3 atom stereocenters. The third-order valence-electron chi connectivity index (χ3n) is 4.06. The van der Waals surface area contributed by atoms with Crippen LogP contribution in [0.5, 0.6) is 0 Å². The summed E-state index contributed by atoms with van der Waals surface area (Å²) in [5, 5.41) is 8.16. The lowest BCUT2D eigenvalue weighted by molar-refractivity contribution is 0.107. The summed E-state index contributed by atoms with van der Waals surface area (Å²) >= 11 is 0. The summed E-state index contributed by atoms with van der Waals surface area (Å²) in [6.45, 7) is 12.1. The summed E-state index contributed by atoms with van der Waals surface area (Å²) in [4.78, 5) is 2.54. The second-order valence-electron chi connectivity index (χ2n) is 5.57. The molecule has 1 aliphatic rings. The van der Waals surface area contributed by atoms with E-state index < -0.39 is 0 Å². The first-order valence-electron chi connectivity index (χ1n) is 7.12. The van der Waals surface area contributed by atoms with Gasteiger partial charge in [-0.3, -0.25) is 9.58 Å². The molecular weight excluding hydrogens is 224 g/mol. The molecule has 3 unspecified atom stereocenters. The maximum atomic E-state index is 4.70. The molecule has 2 heterocycles. The number of piperazine rings is 1. The van der Waals surface area contributed by atoms with E-state index in [1.807, 2.05) is 0 Å². The van der Waals surface area contributed by atoms with Gasteiger partial charge in [0.2, 0.25) is 0 Å². The summed E-state index contributed by atoms with van der Waals surface area (Å²) in [6, 6.07) is 3.83. The molecule has 1 fully saturated rings. The highest BCUT2D eigenvalue weighted by molar-refractivity contribution is 5.01. The van der Waals surface area contributed by atoms with Crippen molar-refractivity contribution in [3.8, 4) is 0 Å². The van der Waals surface area contributed by atoms with E-state index in [0.29, 0.717) is 18.1 Å². The van der Waals surface area contributed by atoms with Crippen molar-refractivity contribution in [3.63, 3.8) is 0 Å². The number of hydrogen-bond acceptors (Lipinski definition) is 3. The van der Waals surface area contributed by atoms with Crippen molar-refractivity contribution in [2.24, 2.45) is 0 Å². The van der Waals surface area contributed by atoms with Crippen molar-refractivity contribution >= 4 is 0 Å². The first-order chi connectivity index (χ1) is 8.61. The van der Waals surface area contributed by atoms with Gasteiger partial charge in [0, 0.05) is 44.0 Å². The Morgan fingerprint density at radius 2 is 2.06 bits per heavy atom. The Hall–Kier alpha value is -0.870. The Bertz CT molecular complexity index is 364. The minimum atomic E-state index is 0.497. The molecule has 0 aliphatic carbocycles. The minimum absolute atomic E-state index is 0.497. The van der Waals surface area contributed by atoms with E-state index in [4.69, 9.17) is 5.10 Å². The second-order valence-corrected chi connectivity index (χ2v) is 5.57. The van der Waals surface area contributed by atoms with Gasteiger partial charge in [0.05, 0.1) is 5.69 Å². The predicted octanol–water partition coefficient (Wildman–Crippen LogP) is 2.04. The largest absolute Gasteiger partial charge is 0.314 e. The van der Waals surface area contributed by atoms with E-state index in [1.54, 1.807) is 0 Å². The normalized spacial score (nSPS) is 27.3. The summed E-state index contributed by atoms with van der Waals surface area (Å²) in [7, 11) is 0. The van der Waals surface area contributed by atoms with Crippen molar-refractivity contribution in [3.05, 3.63) is 18.0 Å². The molecule has 18 heavy (non-hydrogen) atoms. The van der Waals surface area contributed by atoms with Crippen LogP contribution in [0, 0.1) is 0 Å². The van der Waals surface area contributed by atoms with Crippen LogP contribution >= 0.6 is 0 Å². The smallest absolute Gasteiger partial charge is 0.0765 e. The zero-order chi connectivity index (χ0) is 13.1. The minimum Gasteiger partial charge on any atom is -0.314 e. The van der Waals surface area contributed by atoms with Gasteiger partial charge in [-0.15, -0.1) is 0 Å². The topological polar surface area (TPSA) is 33.1 Å². The molecule has 1 aromatic rings. The Kier molecular flexibility index (Phi) is 4.40. The van der Waals surface area contributed by atoms with Crippen LogP contribution in [-0.2, 0) is 6.54 Å². The molecule has 0 spiro atoms. The van der Waals surface area contributed by atoms with Crippen molar-refractivity contribution < 1.29 is 0 Å². The summed E-state index contributed by atoms with van der Waals surface area (Å²) in [5.41, 5.74) is 1.19. The van der Waals surface area contributed by atoms with Crippen LogP contribution in [0.2, 0.25) is 0 Å². The van der Waals surface area contributed by atoms with Crippen LogP contribution in [0.1, 0.15) is 45.9 Å². The molecule has 1 saturated heterocycles. The lowest BCUT2D eigenvalue weighted by Gasteiger charge is -2.38. The number of nitrogens with one attached hydrogen (secondary N) is 1. The predicted molar refractivity (Wildman–Crippen MR) is 74.6 cm³/mol. The number of hydrogen-bond donors (Lipinski definition) is 1. The molecule has 102 valence electrons. The molecule has 1 aliphatic heterocycles. The first kappa shape index (κ1) is 13.6. The van der Waals surface area contributed by atoms with Crippen LogP contribution in [0.4, 0.5) is 0 Å². The van der Waals surface area contributed by atoms with Crippen LogP contribution in [0.3, 0.4) is 0 Å². The summed E-state index contributed by atoms with van der Waals surface area (Å²) in [5.74, 6) is 0. The zero-order valence-corrected chi connectivity index (χ0v) is 12.1. The lowest BCUT2D eigenvalue weighted by Crippen LogP contribution is -2.54. The highest BCUT2D eigenvalue weighted by atomic mass is 15.3. The molecule has 0 aromatic carbocycles. The fourth-order valence-electron chi connectivity index (χ4n) is 2.56. The Balaban J connectivity index is 2.02. The molecule has 2 rings (SSSR count). The maximum Gasteiger partial charge on any atom is 0.0765 e. The van der Waals surface area contributed by atoms with Crippen molar-refractivity contribution in [1.82, 2.24) is 20.0 Å². The molecular formula is C14H26N4. The van der Waals surface area contributed by atoms with Gasteiger partial charge >= 0.3 is 0 Å². The number of aromatic nitrogens is 2. The second kappa shape index (κ2) is 5.85. The van der Waals surface area contributed by atoms with Crippen LogP contribution in [-0.4, -0.2) is 39.9 Å². The molecule has 1 aromatic heterocycles. The van der Waals surface area contributed by atoms with Crippen LogP contribution < -0.4 is 5.32 Å². The SMILES string of the molecule is CCC(C)n1ccc(CN2C(C)CNCC2C)n1. The van der Waals surface area contributed by atoms with Gasteiger partial charge in [-0.2, -0.15) is 5.10 Å². The van der Waals surface area contributed by atoms with E-state index >= 15 is 0 Å². The molecule has 0 radical (unpaired) electrons. The average Bonchev–Trinajstić information content (AvgIpc) is 2.81. The van der Waals surface area contributed by atoms with E-state index in [2.05, 4.69) is 54.9 Å². The van der Waals surface area contributed by atoms with E-state index in [9.17, 15) is 0 Å². The van der Waals surface area contributed by atoms with E-state index in [1.165, 1.54) is 5.69 Å². The first-order valence-corrected chi connectivity index (χ1v) is 7.12. The molecule has 4 heteroatoms. The van der Waals surface area contributed by atoms with Gasteiger partial charge < -0.3 is 5.32 Å². The number of rotatable bonds is 4. The van der Waals surface area contributed by atoms with Crippen molar-refractivity contribution in [2.45, 2.75) is 58.8 Å². The molecule has 0 saturated carbocycles. The highest BCUT2D eigenvalue weighted by Crippen LogP contribution is 2.15. The van der Waals surface area contributed by atoms with Gasteiger partial charge in [0.1, 0.15) is 0 Å². The summed E-state index contributed by atoms with van der Waals surface area (Å²) < 4.78 is 2.09. The third kappa shape index (κ3) is 2.93. The molecule has 4 nitrogen and oxygen atoms in total. The van der Waals surface area contributed by atoms with Crippen molar-refractivity contribution in [2.75, 3.05) is 13.1 Å². The third-order valence-corrected chi connectivity index (χ3v) is 4.06. The van der Waals surface area contributed by atoms with Gasteiger partial charge in [-0.25, -0.2) is 0 Å². The molecule has 0 amide bonds. The number of nitrogens with zero attached hydrogens (tertiary/aromatic N) is 3. The Labute approximate surface area is 110 Å². The quantitative estimate of drug-likeness (QED) is 0.887. The maximum absolute atomic E-state index is 4.70. The fourth-order valence-corrected chi connectivity index (χ4v) is 2.56. The van der Waals surface area contributed by atoms with Crippen LogP contribution in [0.25, 0.3) is 0 Å². The van der Waals surface area contributed by atoms with Gasteiger partial charge in [0.25, 0.3) is 0 Å². The molecule has 0 bridgehead atoms. The molecule has 1 N–H and O–H groups in total.